The molecule has 5 N–H and O–H groups in total. The number of aromatic nitrogens is 1. The maximum Gasteiger partial charge on any atom is 0.490 e. The summed E-state index contributed by atoms with van der Waals surface area (Å²) in [6.45, 7) is 8.81. The van der Waals surface area contributed by atoms with Crippen LogP contribution >= 0.6 is 11.3 Å². The number of nitrogen functional groups attached to an aromatic ring is 1. The highest BCUT2D eigenvalue weighted by Gasteiger charge is 2.53. The normalized spacial score (nSPS) is 17.3. The molecule has 22 heteroatoms. The minimum absolute atomic E-state index is 0.0338. The Hall–Kier alpha value is -4.05. The number of carboxylic acids is 2. The third kappa shape index (κ3) is 11.4. The SMILES string of the molecule is CCOC(=O)CCC(C)(C)COS(=O)(=O)N1C(=O)[C@@H](NC(=O)/C(=N\OC(C)(C)C(=O)O)c2csc(N)n2)[C@@H]1C.O=C(O)C(F)(F)F. The van der Waals surface area contributed by atoms with Crippen molar-refractivity contribution < 1.29 is 69.5 Å². The van der Waals surface area contributed by atoms with Gasteiger partial charge in [-0.3, -0.25) is 18.6 Å². The molecule has 0 bridgehead atoms. The van der Waals surface area contributed by atoms with Crippen molar-refractivity contribution in [1.82, 2.24) is 14.6 Å². The summed E-state index contributed by atoms with van der Waals surface area (Å²) in [5, 5.41) is 23.8. The van der Waals surface area contributed by atoms with Crippen molar-refractivity contribution in [3.05, 3.63) is 11.1 Å². The molecule has 2 amide bonds. The molecular formula is C24H34F3N5O12S2. The number of β-lactam (4-membered cyclic amide) rings is 1. The van der Waals surface area contributed by atoms with E-state index in [1.54, 1.807) is 20.8 Å². The lowest BCUT2D eigenvalue weighted by Crippen LogP contribution is -2.71. The van der Waals surface area contributed by atoms with Gasteiger partial charge in [0, 0.05) is 11.8 Å². The van der Waals surface area contributed by atoms with Gasteiger partial charge in [0.1, 0.15) is 11.7 Å². The lowest BCUT2D eigenvalue weighted by molar-refractivity contribution is -0.192. The van der Waals surface area contributed by atoms with E-state index < -0.39 is 75.0 Å². The molecule has 46 heavy (non-hydrogen) atoms. The summed E-state index contributed by atoms with van der Waals surface area (Å²) in [6, 6.07) is -2.28. The molecule has 17 nitrogen and oxygen atoms in total. The molecule has 0 radical (unpaired) electrons. The number of esters is 1. The number of nitrogens with two attached hydrogens (primary N) is 1. The highest BCUT2D eigenvalue weighted by molar-refractivity contribution is 7.85. The summed E-state index contributed by atoms with van der Waals surface area (Å²) < 4.78 is 67.7. The van der Waals surface area contributed by atoms with Gasteiger partial charge in [-0.25, -0.2) is 18.9 Å². The van der Waals surface area contributed by atoms with E-state index in [0.29, 0.717) is 4.31 Å². The fourth-order valence-corrected chi connectivity index (χ4v) is 5.13. The number of hydrogen-bond acceptors (Lipinski definition) is 14. The molecule has 0 aliphatic carbocycles. The largest absolute Gasteiger partial charge is 0.490 e. The van der Waals surface area contributed by atoms with Crippen molar-refractivity contribution in [3.8, 4) is 0 Å². The molecule has 0 aromatic carbocycles. The summed E-state index contributed by atoms with van der Waals surface area (Å²) in [4.78, 5) is 66.5. The lowest BCUT2D eigenvalue weighted by atomic mass is 9.89. The molecule has 0 spiro atoms. The number of carboxylic acid groups (broad SMARTS) is 2. The average Bonchev–Trinajstić information content (AvgIpc) is 3.35. The van der Waals surface area contributed by atoms with Crippen LogP contribution in [-0.4, -0.2) is 100 Å². The van der Waals surface area contributed by atoms with E-state index >= 15 is 0 Å². The summed E-state index contributed by atoms with van der Waals surface area (Å²) in [5.41, 5.74) is 2.61. The monoisotopic (exact) mass is 705 g/mol. The number of nitrogens with one attached hydrogen (secondary N) is 1. The van der Waals surface area contributed by atoms with Gasteiger partial charge in [0.2, 0.25) is 5.60 Å². The van der Waals surface area contributed by atoms with E-state index in [-0.39, 0.29) is 36.9 Å². The maximum atomic E-state index is 13.0. The Labute approximate surface area is 265 Å². The molecule has 0 saturated carbocycles. The number of amides is 2. The molecule has 2 heterocycles. The molecule has 1 aliphatic rings. The Balaban J connectivity index is 0.00000135. The highest BCUT2D eigenvalue weighted by Crippen LogP contribution is 2.29. The van der Waals surface area contributed by atoms with E-state index in [1.807, 2.05) is 0 Å². The van der Waals surface area contributed by atoms with Gasteiger partial charge in [0.05, 0.1) is 19.3 Å². The van der Waals surface area contributed by atoms with Gasteiger partial charge in [-0.15, -0.1) is 11.3 Å². The van der Waals surface area contributed by atoms with Gasteiger partial charge in [0.25, 0.3) is 11.8 Å². The van der Waals surface area contributed by atoms with Crippen molar-refractivity contribution in [2.24, 2.45) is 10.6 Å². The second kappa shape index (κ2) is 15.5. The summed E-state index contributed by atoms with van der Waals surface area (Å²) in [7, 11) is -4.51. The van der Waals surface area contributed by atoms with Gasteiger partial charge < -0.3 is 30.8 Å². The Bertz CT molecular complexity index is 1440. The number of alkyl halides is 3. The molecule has 260 valence electrons. The first-order valence-corrected chi connectivity index (χ1v) is 15.3. The minimum atomic E-state index is -5.08. The van der Waals surface area contributed by atoms with Crippen LogP contribution in [0.15, 0.2) is 10.5 Å². The molecule has 0 unspecified atom stereocenters. The third-order valence-electron chi connectivity index (χ3n) is 5.88. The molecule has 1 fully saturated rings. The number of carbonyl (C=O) groups excluding carboxylic acids is 3. The number of thiazole rings is 1. The standard InChI is InChI=1S/C22H33N5O10S2.C2HF3O2/c1-7-35-14(28)8-9-21(3,4)11-36-39(33,34)27-12(2)15(18(27)30)25-17(29)16(13-10-38-20(23)24-13)26-37-22(5,6)19(31)32;3-2(4,5)1(6)7/h10,12,15H,7-9,11H2,1-6H3,(H2,23,24)(H,25,29)(H,31,32);(H,6,7)/b26-16-;/t12-,15-;/m0./s1. The van der Waals surface area contributed by atoms with Crippen LogP contribution in [0.3, 0.4) is 0 Å². The van der Waals surface area contributed by atoms with E-state index in [4.69, 9.17) is 29.4 Å². The summed E-state index contributed by atoms with van der Waals surface area (Å²) in [6.07, 6.45) is -4.73. The zero-order valence-corrected chi connectivity index (χ0v) is 27.0. The van der Waals surface area contributed by atoms with E-state index in [1.165, 1.54) is 26.2 Å². The second-order valence-corrected chi connectivity index (χ2v) is 13.1. The lowest BCUT2D eigenvalue weighted by Gasteiger charge is -2.43. The van der Waals surface area contributed by atoms with Crippen LogP contribution in [0.4, 0.5) is 18.3 Å². The number of rotatable bonds is 14. The van der Waals surface area contributed by atoms with E-state index in [0.717, 1.165) is 11.3 Å². The van der Waals surface area contributed by atoms with Crippen molar-refractivity contribution in [3.63, 3.8) is 0 Å². The Kier molecular flexibility index (Phi) is 13.5. The zero-order valence-electron chi connectivity index (χ0n) is 25.4. The number of aliphatic carboxylic acids is 2. The highest BCUT2D eigenvalue weighted by atomic mass is 32.2. The number of ether oxygens (including phenoxy) is 1. The van der Waals surface area contributed by atoms with Crippen LogP contribution in [-0.2, 0) is 48.0 Å². The zero-order chi connectivity index (χ0) is 35.8. The number of hydrogen-bond donors (Lipinski definition) is 4. The summed E-state index contributed by atoms with van der Waals surface area (Å²) >= 11 is 0.985. The van der Waals surface area contributed by atoms with E-state index in [2.05, 4.69) is 15.5 Å². The van der Waals surface area contributed by atoms with Crippen LogP contribution in [0, 0.1) is 5.41 Å². The Morgan fingerprint density at radius 2 is 1.72 bits per heavy atom. The van der Waals surface area contributed by atoms with Gasteiger partial charge >= 0.3 is 34.4 Å². The van der Waals surface area contributed by atoms with Gasteiger partial charge in [-0.2, -0.15) is 21.6 Å². The minimum Gasteiger partial charge on any atom is -0.478 e. The van der Waals surface area contributed by atoms with Crippen LogP contribution in [0.5, 0.6) is 0 Å². The van der Waals surface area contributed by atoms with Gasteiger partial charge in [-0.1, -0.05) is 19.0 Å². The average molecular weight is 706 g/mol. The summed E-state index contributed by atoms with van der Waals surface area (Å²) in [5.74, 6) is -6.45. The topological polar surface area (TPSA) is 254 Å². The molecule has 2 rings (SSSR count). The fourth-order valence-electron chi connectivity index (χ4n) is 3.14. The van der Waals surface area contributed by atoms with Crippen LogP contribution in [0.2, 0.25) is 0 Å². The number of nitrogens with zero attached hydrogens (tertiary/aromatic N) is 3. The van der Waals surface area contributed by atoms with Crippen LogP contribution in [0.1, 0.15) is 60.1 Å². The first-order chi connectivity index (χ1) is 20.9. The Morgan fingerprint density at radius 3 is 2.15 bits per heavy atom. The number of carbonyl (C=O) groups is 5. The van der Waals surface area contributed by atoms with Crippen molar-refractivity contribution >= 4 is 62.2 Å². The van der Waals surface area contributed by atoms with E-state index in [9.17, 15) is 45.9 Å². The predicted molar refractivity (Wildman–Crippen MR) is 152 cm³/mol. The molecule has 1 aliphatic heterocycles. The molecule has 1 aromatic rings. The predicted octanol–water partition coefficient (Wildman–Crippen LogP) is 1.29. The Morgan fingerprint density at radius 1 is 1.15 bits per heavy atom. The fraction of sp³-hybridized carbons (Fsp3) is 0.625. The van der Waals surface area contributed by atoms with Gasteiger partial charge in [-0.05, 0) is 39.5 Å². The van der Waals surface area contributed by atoms with Crippen molar-refractivity contribution in [2.75, 3.05) is 18.9 Å². The third-order valence-corrected chi connectivity index (χ3v) is 7.96. The smallest absolute Gasteiger partial charge is 0.478 e. The second-order valence-electron chi connectivity index (χ2n) is 10.7. The molecule has 2 atom stereocenters. The quantitative estimate of drug-likeness (QED) is 0.0921. The van der Waals surface area contributed by atoms with Crippen LogP contribution < -0.4 is 11.1 Å². The van der Waals surface area contributed by atoms with Crippen molar-refractivity contribution in [2.45, 2.75) is 78.2 Å². The first-order valence-electron chi connectivity index (χ1n) is 13.1. The molecule has 1 aromatic heterocycles. The molecular weight excluding hydrogens is 671 g/mol. The van der Waals surface area contributed by atoms with Crippen LogP contribution in [0.25, 0.3) is 0 Å². The number of halogens is 3. The van der Waals surface area contributed by atoms with Crippen molar-refractivity contribution in [1.29, 1.82) is 0 Å². The first kappa shape index (κ1) is 40.0. The van der Waals surface area contributed by atoms with Gasteiger partial charge in [0.15, 0.2) is 10.8 Å². The molecule has 1 saturated heterocycles. The number of anilines is 1. The maximum absolute atomic E-state index is 13.0. The number of oxime groups is 1.